The molecule has 1 aliphatic carbocycles. The SMILES string of the molecule is CNc1ccc2c(c1)C(=O)CC(=O)C2=O. The van der Waals surface area contributed by atoms with Gasteiger partial charge in [-0.2, -0.15) is 0 Å². The largest absolute Gasteiger partial charge is 0.388 e. The average Bonchev–Trinajstić information content (AvgIpc) is 2.25. The maximum absolute atomic E-state index is 11.5. The van der Waals surface area contributed by atoms with Gasteiger partial charge in [0, 0.05) is 23.9 Å². The van der Waals surface area contributed by atoms with E-state index in [0.29, 0.717) is 5.56 Å². The average molecular weight is 203 g/mol. The molecule has 0 saturated heterocycles. The molecule has 0 radical (unpaired) electrons. The summed E-state index contributed by atoms with van der Waals surface area (Å²) in [6.07, 6.45) is -0.307. The molecule has 0 aliphatic heterocycles. The van der Waals surface area contributed by atoms with Crippen LogP contribution in [0.4, 0.5) is 5.69 Å². The number of hydrogen-bond acceptors (Lipinski definition) is 4. The van der Waals surface area contributed by atoms with Gasteiger partial charge in [-0.15, -0.1) is 0 Å². The normalized spacial score (nSPS) is 15.1. The van der Waals surface area contributed by atoms with Gasteiger partial charge < -0.3 is 5.32 Å². The number of benzene rings is 1. The number of fused-ring (bicyclic) bond motifs is 1. The maximum atomic E-state index is 11.5. The van der Waals surface area contributed by atoms with E-state index in [9.17, 15) is 14.4 Å². The first kappa shape index (κ1) is 9.58. The Morgan fingerprint density at radius 3 is 2.47 bits per heavy atom. The van der Waals surface area contributed by atoms with Crippen molar-refractivity contribution in [3.05, 3.63) is 29.3 Å². The van der Waals surface area contributed by atoms with Crippen molar-refractivity contribution in [2.24, 2.45) is 0 Å². The zero-order valence-electron chi connectivity index (χ0n) is 8.16. The van der Waals surface area contributed by atoms with Gasteiger partial charge in [0.1, 0.15) is 0 Å². The summed E-state index contributed by atoms with van der Waals surface area (Å²) in [4.78, 5) is 34.1. The summed E-state index contributed by atoms with van der Waals surface area (Å²) in [5.41, 5.74) is 1.31. The van der Waals surface area contributed by atoms with Gasteiger partial charge in [0.25, 0.3) is 0 Å². The molecular formula is C11H9NO3. The van der Waals surface area contributed by atoms with Crippen LogP contribution >= 0.6 is 0 Å². The van der Waals surface area contributed by atoms with Gasteiger partial charge in [0.2, 0.25) is 11.6 Å². The Kier molecular flexibility index (Phi) is 2.11. The number of hydrogen-bond donors (Lipinski definition) is 1. The summed E-state index contributed by atoms with van der Waals surface area (Å²) in [5.74, 6) is -1.47. The molecule has 15 heavy (non-hydrogen) atoms. The molecule has 0 saturated carbocycles. The molecule has 4 heteroatoms. The Morgan fingerprint density at radius 1 is 1.07 bits per heavy atom. The topological polar surface area (TPSA) is 63.2 Å². The van der Waals surface area contributed by atoms with Crippen molar-refractivity contribution in [3.63, 3.8) is 0 Å². The van der Waals surface area contributed by atoms with Gasteiger partial charge in [-0.1, -0.05) is 0 Å². The van der Waals surface area contributed by atoms with Crippen LogP contribution in [0.2, 0.25) is 0 Å². The van der Waals surface area contributed by atoms with Gasteiger partial charge in [0.15, 0.2) is 5.78 Å². The van der Waals surface area contributed by atoms with Crippen molar-refractivity contribution in [2.75, 3.05) is 12.4 Å². The molecular weight excluding hydrogens is 194 g/mol. The fourth-order valence-corrected chi connectivity index (χ4v) is 1.60. The number of ketones is 3. The maximum Gasteiger partial charge on any atom is 0.229 e. The summed E-state index contributed by atoms with van der Waals surface area (Å²) in [7, 11) is 1.72. The quantitative estimate of drug-likeness (QED) is 0.547. The Balaban J connectivity index is 2.60. The Labute approximate surface area is 86.3 Å². The van der Waals surface area contributed by atoms with Crippen molar-refractivity contribution >= 4 is 23.0 Å². The van der Waals surface area contributed by atoms with Crippen LogP contribution in [0.3, 0.4) is 0 Å². The van der Waals surface area contributed by atoms with Crippen LogP contribution in [0.5, 0.6) is 0 Å². The van der Waals surface area contributed by atoms with E-state index in [1.807, 2.05) is 0 Å². The summed E-state index contributed by atoms with van der Waals surface area (Å²) in [6, 6.07) is 4.78. The van der Waals surface area contributed by atoms with Gasteiger partial charge in [0.05, 0.1) is 6.42 Å². The molecule has 1 N–H and O–H groups in total. The number of carbonyl (C=O) groups excluding carboxylic acids is 3. The van der Waals surface area contributed by atoms with Crippen LogP contribution < -0.4 is 5.32 Å². The fraction of sp³-hybridized carbons (Fsp3) is 0.182. The minimum Gasteiger partial charge on any atom is -0.388 e. The zero-order chi connectivity index (χ0) is 11.0. The van der Waals surface area contributed by atoms with E-state index in [1.165, 1.54) is 6.07 Å². The highest BCUT2D eigenvalue weighted by molar-refractivity contribution is 6.50. The number of carbonyl (C=O) groups is 3. The molecule has 2 rings (SSSR count). The molecule has 0 bridgehead atoms. The van der Waals surface area contributed by atoms with Crippen LogP contribution in [-0.2, 0) is 4.79 Å². The monoisotopic (exact) mass is 203 g/mol. The molecule has 0 amide bonds. The second-order valence-electron chi connectivity index (χ2n) is 3.36. The minimum absolute atomic E-state index is 0.218. The van der Waals surface area contributed by atoms with Crippen molar-refractivity contribution in [3.8, 4) is 0 Å². The third kappa shape index (κ3) is 1.44. The molecule has 4 nitrogen and oxygen atoms in total. The van der Waals surface area contributed by atoms with E-state index in [0.717, 1.165) is 5.69 Å². The van der Waals surface area contributed by atoms with Crippen LogP contribution in [0.1, 0.15) is 27.1 Å². The highest BCUT2D eigenvalue weighted by Crippen LogP contribution is 2.22. The molecule has 0 atom stereocenters. The second kappa shape index (κ2) is 3.31. The van der Waals surface area contributed by atoms with E-state index in [-0.39, 0.29) is 17.8 Å². The fourth-order valence-electron chi connectivity index (χ4n) is 1.60. The molecule has 0 unspecified atom stereocenters. The Hall–Kier alpha value is -1.97. The molecule has 0 heterocycles. The minimum atomic E-state index is -0.621. The van der Waals surface area contributed by atoms with E-state index in [4.69, 9.17) is 0 Å². The molecule has 0 aromatic heterocycles. The van der Waals surface area contributed by atoms with Crippen molar-refractivity contribution in [1.29, 1.82) is 0 Å². The smallest absolute Gasteiger partial charge is 0.229 e. The number of rotatable bonds is 1. The molecule has 1 aromatic carbocycles. The number of nitrogens with one attached hydrogen (secondary N) is 1. The van der Waals surface area contributed by atoms with E-state index in [1.54, 1.807) is 19.2 Å². The highest BCUT2D eigenvalue weighted by Gasteiger charge is 2.30. The summed E-state index contributed by atoms with van der Waals surface area (Å²) >= 11 is 0. The molecule has 0 spiro atoms. The number of anilines is 1. The second-order valence-corrected chi connectivity index (χ2v) is 3.36. The Bertz CT molecular complexity index is 477. The van der Waals surface area contributed by atoms with Crippen molar-refractivity contribution in [2.45, 2.75) is 6.42 Å². The first-order valence-corrected chi connectivity index (χ1v) is 4.56. The highest BCUT2D eigenvalue weighted by atomic mass is 16.2. The van der Waals surface area contributed by atoms with E-state index in [2.05, 4.69) is 5.32 Å². The zero-order valence-corrected chi connectivity index (χ0v) is 8.16. The standard InChI is InChI=1S/C11H9NO3/c1-12-6-2-3-7-8(4-6)9(13)5-10(14)11(7)15/h2-4,12H,5H2,1H3. The third-order valence-corrected chi connectivity index (χ3v) is 2.43. The van der Waals surface area contributed by atoms with Gasteiger partial charge >= 0.3 is 0 Å². The van der Waals surface area contributed by atoms with Gasteiger partial charge in [-0.3, -0.25) is 14.4 Å². The first-order valence-electron chi connectivity index (χ1n) is 4.56. The molecule has 1 aliphatic rings. The first-order chi connectivity index (χ1) is 7.13. The molecule has 1 aromatic rings. The summed E-state index contributed by atoms with van der Waals surface area (Å²) < 4.78 is 0. The lowest BCUT2D eigenvalue weighted by Gasteiger charge is -2.13. The lowest BCUT2D eigenvalue weighted by molar-refractivity contribution is -0.114. The third-order valence-electron chi connectivity index (χ3n) is 2.43. The van der Waals surface area contributed by atoms with Crippen LogP contribution in [0.15, 0.2) is 18.2 Å². The van der Waals surface area contributed by atoms with Crippen molar-refractivity contribution in [1.82, 2.24) is 0 Å². The Morgan fingerprint density at radius 2 is 1.80 bits per heavy atom. The molecule has 0 fully saturated rings. The van der Waals surface area contributed by atoms with Crippen LogP contribution in [0, 0.1) is 0 Å². The number of Topliss-reactive ketones (excluding diaryl/α,β-unsaturated/α-hetero) is 3. The predicted molar refractivity (Wildman–Crippen MR) is 54.3 cm³/mol. The van der Waals surface area contributed by atoms with Crippen LogP contribution in [0.25, 0.3) is 0 Å². The van der Waals surface area contributed by atoms with E-state index < -0.39 is 11.6 Å². The van der Waals surface area contributed by atoms with Crippen molar-refractivity contribution < 1.29 is 14.4 Å². The molecule has 76 valence electrons. The van der Waals surface area contributed by atoms with Gasteiger partial charge in [-0.05, 0) is 18.2 Å². The van der Waals surface area contributed by atoms with Gasteiger partial charge in [-0.25, -0.2) is 0 Å². The predicted octanol–water partition coefficient (Wildman–Crippen LogP) is 1.07. The van der Waals surface area contributed by atoms with E-state index >= 15 is 0 Å². The summed E-state index contributed by atoms with van der Waals surface area (Å²) in [5, 5.41) is 2.88. The van der Waals surface area contributed by atoms with Crippen LogP contribution in [-0.4, -0.2) is 24.4 Å². The summed E-state index contributed by atoms with van der Waals surface area (Å²) in [6.45, 7) is 0. The lowest BCUT2D eigenvalue weighted by atomic mass is 9.88. The lowest BCUT2D eigenvalue weighted by Crippen LogP contribution is -2.26.